The lowest BCUT2D eigenvalue weighted by Gasteiger charge is -2.25. The molecule has 5 nitrogen and oxygen atoms in total. The third-order valence-electron chi connectivity index (χ3n) is 3.58. The number of ketones is 1. The minimum absolute atomic E-state index is 0.137. The number of hydrogen-bond acceptors (Lipinski definition) is 4. The van der Waals surface area contributed by atoms with Crippen molar-refractivity contribution in [3.63, 3.8) is 0 Å². The molecule has 0 fully saturated rings. The molecule has 0 amide bonds. The predicted octanol–water partition coefficient (Wildman–Crippen LogP) is 1.13. The van der Waals surface area contributed by atoms with E-state index in [-0.39, 0.29) is 18.1 Å². The molecule has 0 radical (unpaired) electrons. The molecule has 102 valence electrons. The van der Waals surface area contributed by atoms with Crippen molar-refractivity contribution in [3.8, 4) is 0 Å². The summed E-state index contributed by atoms with van der Waals surface area (Å²) in [6.07, 6.45) is 0.233. The van der Waals surface area contributed by atoms with Gasteiger partial charge >= 0.3 is 5.97 Å². The number of carbonyl (C=O) groups excluding carboxylic acids is 1. The molecular formula is C14H18N2O3. The zero-order chi connectivity index (χ0) is 14.2. The second-order valence-corrected chi connectivity index (χ2v) is 5.36. The van der Waals surface area contributed by atoms with Gasteiger partial charge in [0.1, 0.15) is 5.54 Å². The van der Waals surface area contributed by atoms with E-state index < -0.39 is 11.5 Å². The average molecular weight is 262 g/mol. The number of carbonyl (C=O) groups is 2. The van der Waals surface area contributed by atoms with Gasteiger partial charge in [-0.05, 0) is 24.1 Å². The summed E-state index contributed by atoms with van der Waals surface area (Å²) in [5, 5.41) is 12.1. The van der Waals surface area contributed by atoms with Gasteiger partial charge in [0.25, 0.3) is 0 Å². The lowest BCUT2D eigenvalue weighted by atomic mass is 9.87. The number of anilines is 1. The summed E-state index contributed by atoms with van der Waals surface area (Å²) in [5.41, 5.74) is 7.12. The topological polar surface area (TPSA) is 92.4 Å². The van der Waals surface area contributed by atoms with Crippen LogP contribution in [0.4, 0.5) is 5.69 Å². The van der Waals surface area contributed by atoms with Crippen molar-refractivity contribution >= 4 is 17.4 Å². The molecule has 0 spiro atoms. The first kappa shape index (κ1) is 13.5. The van der Waals surface area contributed by atoms with Crippen LogP contribution in [0.15, 0.2) is 18.2 Å². The summed E-state index contributed by atoms with van der Waals surface area (Å²) in [7, 11) is 0. The van der Waals surface area contributed by atoms with Crippen LogP contribution >= 0.6 is 0 Å². The van der Waals surface area contributed by atoms with Crippen molar-refractivity contribution in [1.29, 1.82) is 0 Å². The molecule has 2 rings (SSSR count). The molecule has 1 aliphatic rings. The van der Waals surface area contributed by atoms with Gasteiger partial charge in [-0.2, -0.15) is 0 Å². The first-order chi connectivity index (χ1) is 8.81. The van der Waals surface area contributed by atoms with E-state index in [0.717, 1.165) is 16.8 Å². The van der Waals surface area contributed by atoms with Gasteiger partial charge in [0.05, 0.1) is 6.54 Å². The van der Waals surface area contributed by atoms with Gasteiger partial charge in [-0.3, -0.25) is 9.59 Å². The zero-order valence-electron chi connectivity index (χ0n) is 11.1. The number of rotatable bonds is 3. The summed E-state index contributed by atoms with van der Waals surface area (Å²) in [6, 6.07) is 5.60. The number of aliphatic carboxylic acids is 1. The zero-order valence-corrected chi connectivity index (χ0v) is 11.1. The Balaban J connectivity index is 2.31. The van der Waals surface area contributed by atoms with Gasteiger partial charge < -0.3 is 16.2 Å². The van der Waals surface area contributed by atoms with Gasteiger partial charge in [0, 0.05) is 18.0 Å². The Morgan fingerprint density at radius 2 is 2.26 bits per heavy atom. The molecule has 1 aromatic rings. The first-order valence-corrected chi connectivity index (χ1v) is 6.23. The van der Waals surface area contributed by atoms with Crippen LogP contribution in [0.3, 0.4) is 0 Å². The molecule has 1 unspecified atom stereocenters. The van der Waals surface area contributed by atoms with Gasteiger partial charge in [-0.15, -0.1) is 0 Å². The van der Waals surface area contributed by atoms with E-state index in [1.165, 1.54) is 6.92 Å². The third-order valence-corrected chi connectivity index (χ3v) is 3.58. The average Bonchev–Trinajstić information content (AvgIpc) is 2.34. The quantitative estimate of drug-likeness (QED) is 0.759. The predicted molar refractivity (Wildman–Crippen MR) is 72.3 cm³/mol. The van der Waals surface area contributed by atoms with Crippen molar-refractivity contribution < 1.29 is 14.7 Å². The fourth-order valence-electron chi connectivity index (χ4n) is 2.25. The smallest absolute Gasteiger partial charge is 0.323 e. The summed E-state index contributed by atoms with van der Waals surface area (Å²) in [4.78, 5) is 22.7. The van der Waals surface area contributed by atoms with Crippen LogP contribution in [0.2, 0.25) is 0 Å². The molecule has 2 atom stereocenters. The molecule has 1 heterocycles. The molecule has 0 aromatic heterocycles. The Hall–Kier alpha value is -1.88. The lowest BCUT2D eigenvalue weighted by Crippen LogP contribution is -2.46. The number of fused-ring (bicyclic) bond motifs is 1. The molecule has 1 aromatic carbocycles. The maximum atomic E-state index is 11.7. The van der Waals surface area contributed by atoms with E-state index in [9.17, 15) is 9.59 Å². The highest BCUT2D eigenvalue weighted by atomic mass is 16.4. The number of nitrogens with one attached hydrogen (secondary N) is 1. The van der Waals surface area contributed by atoms with Gasteiger partial charge in [0.2, 0.25) is 0 Å². The van der Waals surface area contributed by atoms with Gasteiger partial charge in [-0.25, -0.2) is 0 Å². The number of hydrogen-bond donors (Lipinski definition) is 3. The second kappa shape index (κ2) is 4.66. The minimum Gasteiger partial charge on any atom is -0.480 e. The van der Waals surface area contributed by atoms with Crippen molar-refractivity contribution in [3.05, 3.63) is 29.3 Å². The van der Waals surface area contributed by atoms with Crippen LogP contribution < -0.4 is 11.1 Å². The van der Waals surface area contributed by atoms with Crippen molar-refractivity contribution in [2.75, 3.05) is 11.9 Å². The number of carboxylic acids is 1. The van der Waals surface area contributed by atoms with E-state index in [1.54, 1.807) is 0 Å². The molecule has 5 heteroatoms. The van der Waals surface area contributed by atoms with Crippen LogP contribution in [0.5, 0.6) is 0 Å². The SMILES string of the molecule is CC1C(=O)CNc2ccc(C[C@](C)(N)C(=O)O)cc21. The van der Waals surface area contributed by atoms with Crippen molar-refractivity contribution in [2.45, 2.75) is 31.7 Å². The highest BCUT2D eigenvalue weighted by molar-refractivity contribution is 5.93. The van der Waals surface area contributed by atoms with E-state index in [2.05, 4.69) is 5.32 Å². The first-order valence-electron chi connectivity index (χ1n) is 6.23. The standard InChI is InChI=1S/C14H18N2O3/c1-8-10-5-9(6-14(2,15)13(18)19)3-4-11(10)16-7-12(8)17/h3-5,8,16H,6-7,15H2,1-2H3,(H,18,19)/t8?,14-/m0/s1. The minimum atomic E-state index is -1.30. The summed E-state index contributed by atoms with van der Waals surface area (Å²) < 4.78 is 0. The maximum Gasteiger partial charge on any atom is 0.323 e. The Morgan fingerprint density at radius 1 is 1.58 bits per heavy atom. The molecule has 19 heavy (non-hydrogen) atoms. The fourth-order valence-corrected chi connectivity index (χ4v) is 2.25. The molecule has 0 bridgehead atoms. The van der Waals surface area contributed by atoms with Crippen molar-refractivity contribution in [1.82, 2.24) is 0 Å². The molecular weight excluding hydrogens is 244 g/mol. The molecule has 0 saturated heterocycles. The number of carboxylic acid groups (broad SMARTS) is 1. The monoisotopic (exact) mass is 262 g/mol. The van der Waals surface area contributed by atoms with Gasteiger partial charge in [0.15, 0.2) is 5.78 Å². The van der Waals surface area contributed by atoms with E-state index in [4.69, 9.17) is 10.8 Å². The van der Waals surface area contributed by atoms with Crippen LogP contribution in [-0.4, -0.2) is 28.9 Å². The van der Waals surface area contributed by atoms with Crippen LogP contribution in [0.25, 0.3) is 0 Å². The Labute approximate surface area is 111 Å². The van der Waals surface area contributed by atoms with Crippen LogP contribution in [0.1, 0.15) is 30.9 Å². The third kappa shape index (κ3) is 2.61. The summed E-state index contributed by atoms with van der Waals surface area (Å²) in [6.45, 7) is 3.70. The van der Waals surface area contributed by atoms with Crippen molar-refractivity contribution in [2.24, 2.45) is 5.73 Å². The maximum absolute atomic E-state index is 11.7. The summed E-state index contributed by atoms with van der Waals surface area (Å²) in [5.74, 6) is -1.06. The highest BCUT2D eigenvalue weighted by Crippen LogP contribution is 2.30. The van der Waals surface area contributed by atoms with E-state index in [0.29, 0.717) is 6.54 Å². The van der Waals surface area contributed by atoms with Gasteiger partial charge in [-0.1, -0.05) is 19.1 Å². The summed E-state index contributed by atoms with van der Waals surface area (Å²) >= 11 is 0. The Kier molecular flexibility index (Phi) is 3.32. The second-order valence-electron chi connectivity index (χ2n) is 5.36. The van der Waals surface area contributed by atoms with Crippen LogP contribution in [0, 0.1) is 0 Å². The molecule has 0 aliphatic carbocycles. The number of nitrogens with two attached hydrogens (primary N) is 1. The lowest BCUT2D eigenvalue weighted by molar-refractivity contribution is -0.142. The number of benzene rings is 1. The molecule has 0 saturated carbocycles. The normalized spacial score (nSPS) is 21.2. The van der Waals surface area contributed by atoms with E-state index >= 15 is 0 Å². The Morgan fingerprint density at radius 3 is 2.89 bits per heavy atom. The highest BCUT2D eigenvalue weighted by Gasteiger charge is 2.29. The fraction of sp³-hybridized carbons (Fsp3) is 0.429. The largest absolute Gasteiger partial charge is 0.480 e. The van der Waals surface area contributed by atoms with E-state index in [1.807, 2.05) is 25.1 Å². The molecule has 1 aliphatic heterocycles. The van der Waals surface area contributed by atoms with Crippen LogP contribution in [-0.2, 0) is 16.0 Å². The molecule has 4 N–H and O–H groups in total. The number of Topliss-reactive ketones (excluding diaryl/α,β-unsaturated/α-hetero) is 1. The Bertz CT molecular complexity index is 537.